The summed E-state index contributed by atoms with van der Waals surface area (Å²) in [6.45, 7) is 8.97. The molecular formula is C15H26N4. The molecule has 0 aromatic carbocycles. The van der Waals surface area contributed by atoms with Crippen LogP contribution in [0, 0.1) is 5.92 Å². The van der Waals surface area contributed by atoms with Gasteiger partial charge in [-0.15, -0.1) is 0 Å². The lowest BCUT2D eigenvalue weighted by Crippen LogP contribution is -2.37. The Morgan fingerprint density at radius 3 is 2.63 bits per heavy atom. The van der Waals surface area contributed by atoms with E-state index < -0.39 is 0 Å². The number of rotatable bonds is 4. The summed E-state index contributed by atoms with van der Waals surface area (Å²) in [4.78, 5) is 4.32. The molecule has 4 nitrogen and oxygen atoms in total. The highest BCUT2D eigenvalue weighted by atomic mass is 15.3. The van der Waals surface area contributed by atoms with Gasteiger partial charge in [-0.3, -0.25) is 4.68 Å². The molecule has 0 fully saturated rings. The number of hydrogen-bond donors (Lipinski definition) is 1. The maximum atomic E-state index is 4.37. The molecule has 1 N–H and O–H groups in total. The normalized spacial score (nSPS) is 23.5. The molecule has 0 saturated carbocycles. The fourth-order valence-electron chi connectivity index (χ4n) is 2.87. The molecule has 0 aliphatic heterocycles. The van der Waals surface area contributed by atoms with Gasteiger partial charge in [-0.2, -0.15) is 5.10 Å². The number of aryl methyl sites for hydroxylation is 1. The zero-order valence-electron chi connectivity index (χ0n) is 12.8. The highest BCUT2D eigenvalue weighted by Gasteiger charge is 2.24. The molecule has 19 heavy (non-hydrogen) atoms. The van der Waals surface area contributed by atoms with Crippen molar-refractivity contribution < 1.29 is 0 Å². The zero-order valence-corrected chi connectivity index (χ0v) is 12.8. The van der Waals surface area contributed by atoms with E-state index >= 15 is 0 Å². The monoisotopic (exact) mass is 262 g/mol. The number of nitrogens with zero attached hydrogens (tertiary/aromatic N) is 3. The maximum Gasteiger partial charge on any atom is 0.167 e. The molecule has 1 aliphatic rings. The summed E-state index contributed by atoms with van der Waals surface area (Å²) >= 11 is 0. The van der Waals surface area contributed by atoms with E-state index in [-0.39, 0.29) is 6.04 Å². The van der Waals surface area contributed by atoms with Gasteiger partial charge in [-0.25, -0.2) is 4.98 Å². The van der Waals surface area contributed by atoms with Crippen molar-refractivity contribution >= 4 is 0 Å². The first-order valence-corrected chi connectivity index (χ1v) is 7.24. The molecule has 0 radical (unpaired) electrons. The lowest BCUT2D eigenvalue weighted by Gasteiger charge is -2.31. The Balaban J connectivity index is 1.93. The molecule has 2 rings (SSSR count). The third kappa shape index (κ3) is 3.44. The van der Waals surface area contributed by atoms with Crippen LogP contribution in [0.2, 0.25) is 0 Å². The van der Waals surface area contributed by atoms with E-state index in [4.69, 9.17) is 0 Å². The van der Waals surface area contributed by atoms with Gasteiger partial charge in [-0.05, 0) is 52.9 Å². The third-order valence-electron chi connectivity index (χ3n) is 4.41. The van der Waals surface area contributed by atoms with Crippen molar-refractivity contribution in [3.8, 4) is 0 Å². The number of allylic oxidation sites excluding steroid dienone is 2. The Bertz CT molecular complexity index is 460. The largest absolute Gasteiger partial charge is 0.305 e. The quantitative estimate of drug-likeness (QED) is 0.848. The molecule has 3 unspecified atom stereocenters. The van der Waals surface area contributed by atoms with E-state index in [0.717, 1.165) is 11.7 Å². The van der Waals surface area contributed by atoms with Gasteiger partial charge in [0.1, 0.15) is 6.33 Å². The second-order valence-corrected chi connectivity index (χ2v) is 6.02. The van der Waals surface area contributed by atoms with Gasteiger partial charge in [0.2, 0.25) is 0 Å². The zero-order chi connectivity index (χ0) is 14.0. The minimum absolute atomic E-state index is 0.212. The van der Waals surface area contributed by atoms with E-state index in [1.54, 1.807) is 22.2 Å². The first kappa shape index (κ1) is 14.3. The van der Waals surface area contributed by atoms with Crippen LogP contribution in [0.1, 0.15) is 58.8 Å². The van der Waals surface area contributed by atoms with E-state index in [0.29, 0.717) is 6.04 Å². The van der Waals surface area contributed by atoms with Crippen LogP contribution in [0.4, 0.5) is 0 Å². The minimum atomic E-state index is 0.212. The van der Waals surface area contributed by atoms with Crippen molar-refractivity contribution in [3.05, 3.63) is 23.3 Å². The lowest BCUT2D eigenvalue weighted by atomic mass is 9.81. The summed E-state index contributed by atoms with van der Waals surface area (Å²) in [7, 11) is 1.91. The Labute approximate surface area is 116 Å². The summed E-state index contributed by atoms with van der Waals surface area (Å²) in [5.41, 5.74) is 3.16. The number of aromatic nitrogens is 3. The van der Waals surface area contributed by atoms with E-state index in [9.17, 15) is 0 Å². The SMILES string of the molecule is CC1=C(C)CC(C(C)NC(C)c2ncn(C)n2)CC1. The molecule has 0 bridgehead atoms. The van der Waals surface area contributed by atoms with Crippen LogP contribution in [0.5, 0.6) is 0 Å². The average molecular weight is 262 g/mol. The van der Waals surface area contributed by atoms with Gasteiger partial charge in [0.15, 0.2) is 5.82 Å². The van der Waals surface area contributed by atoms with Gasteiger partial charge in [-0.1, -0.05) is 11.1 Å². The van der Waals surface area contributed by atoms with Crippen LogP contribution < -0.4 is 5.32 Å². The molecule has 1 aliphatic carbocycles. The van der Waals surface area contributed by atoms with Crippen LogP contribution in [-0.2, 0) is 7.05 Å². The number of hydrogen-bond acceptors (Lipinski definition) is 3. The predicted molar refractivity (Wildman–Crippen MR) is 77.7 cm³/mol. The second-order valence-electron chi connectivity index (χ2n) is 6.02. The standard InChI is InChI=1S/C15H26N4/c1-10-6-7-14(8-11(10)2)12(3)17-13(4)15-16-9-19(5)18-15/h9,12-14,17H,6-8H2,1-5H3. The topological polar surface area (TPSA) is 42.7 Å². The maximum absolute atomic E-state index is 4.37. The molecule has 106 valence electrons. The third-order valence-corrected chi connectivity index (χ3v) is 4.41. The second kappa shape index (κ2) is 5.87. The Morgan fingerprint density at radius 1 is 1.32 bits per heavy atom. The summed E-state index contributed by atoms with van der Waals surface area (Å²) in [5, 5.41) is 8.02. The summed E-state index contributed by atoms with van der Waals surface area (Å²) < 4.78 is 1.76. The molecule has 0 saturated heterocycles. The molecule has 1 aromatic rings. The van der Waals surface area contributed by atoms with Crippen molar-refractivity contribution in [3.63, 3.8) is 0 Å². The van der Waals surface area contributed by atoms with Gasteiger partial charge < -0.3 is 5.32 Å². The van der Waals surface area contributed by atoms with Crippen LogP contribution in [-0.4, -0.2) is 20.8 Å². The molecule has 0 amide bonds. The molecule has 3 atom stereocenters. The first-order valence-electron chi connectivity index (χ1n) is 7.24. The number of nitrogens with one attached hydrogen (secondary N) is 1. The van der Waals surface area contributed by atoms with Crippen molar-refractivity contribution in [2.24, 2.45) is 13.0 Å². The molecular weight excluding hydrogens is 236 g/mol. The Hall–Kier alpha value is -1.16. The van der Waals surface area contributed by atoms with Crippen LogP contribution in [0.3, 0.4) is 0 Å². The highest BCUT2D eigenvalue weighted by molar-refractivity contribution is 5.14. The fraction of sp³-hybridized carbons (Fsp3) is 0.733. The average Bonchev–Trinajstić information content (AvgIpc) is 2.79. The van der Waals surface area contributed by atoms with E-state index in [2.05, 4.69) is 43.1 Å². The van der Waals surface area contributed by atoms with Crippen LogP contribution in [0.15, 0.2) is 17.5 Å². The highest BCUT2D eigenvalue weighted by Crippen LogP contribution is 2.31. The van der Waals surface area contributed by atoms with Crippen molar-refractivity contribution in [2.45, 2.75) is 59.0 Å². The summed E-state index contributed by atoms with van der Waals surface area (Å²) in [5.74, 6) is 1.61. The van der Waals surface area contributed by atoms with Gasteiger partial charge in [0.05, 0.1) is 6.04 Å². The molecule has 4 heteroatoms. The fourth-order valence-corrected chi connectivity index (χ4v) is 2.87. The lowest BCUT2D eigenvalue weighted by molar-refractivity contribution is 0.312. The Kier molecular flexibility index (Phi) is 4.40. The smallest absolute Gasteiger partial charge is 0.167 e. The first-order chi connectivity index (χ1) is 8.97. The van der Waals surface area contributed by atoms with Gasteiger partial charge >= 0.3 is 0 Å². The minimum Gasteiger partial charge on any atom is -0.305 e. The van der Waals surface area contributed by atoms with Crippen molar-refractivity contribution in [1.82, 2.24) is 20.1 Å². The van der Waals surface area contributed by atoms with Gasteiger partial charge in [0, 0.05) is 13.1 Å². The summed E-state index contributed by atoms with van der Waals surface area (Å²) in [6.07, 6.45) is 5.52. The van der Waals surface area contributed by atoms with Crippen LogP contribution >= 0.6 is 0 Å². The molecule has 0 spiro atoms. The van der Waals surface area contributed by atoms with E-state index in [1.807, 2.05) is 7.05 Å². The Morgan fingerprint density at radius 2 is 2.05 bits per heavy atom. The van der Waals surface area contributed by atoms with Gasteiger partial charge in [0.25, 0.3) is 0 Å². The molecule has 1 heterocycles. The van der Waals surface area contributed by atoms with Crippen molar-refractivity contribution in [1.29, 1.82) is 0 Å². The predicted octanol–water partition coefficient (Wildman–Crippen LogP) is 2.99. The summed E-state index contributed by atoms with van der Waals surface area (Å²) in [6, 6.07) is 0.713. The molecule has 1 aromatic heterocycles. The van der Waals surface area contributed by atoms with Crippen molar-refractivity contribution in [2.75, 3.05) is 0 Å². The van der Waals surface area contributed by atoms with E-state index in [1.165, 1.54) is 19.3 Å². The van der Waals surface area contributed by atoms with Crippen LogP contribution in [0.25, 0.3) is 0 Å².